The van der Waals surface area contributed by atoms with E-state index in [1.165, 1.54) is 0 Å². The van der Waals surface area contributed by atoms with Crippen LogP contribution in [0.3, 0.4) is 0 Å². The zero-order valence-corrected chi connectivity index (χ0v) is 12.5. The molecule has 0 bridgehead atoms. The molecule has 0 saturated carbocycles. The van der Waals surface area contributed by atoms with Crippen LogP contribution in [0.2, 0.25) is 0 Å². The largest absolute Gasteiger partial charge is 0.444 e. The van der Waals surface area contributed by atoms with E-state index in [0.717, 1.165) is 12.1 Å². The lowest BCUT2D eigenvalue weighted by molar-refractivity contribution is 0.0153. The number of amides is 1. The van der Waals surface area contributed by atoms with E-state index in [4.69, 9.17) is 15.0 Å². The van der Waals surface area contributed by atoms with Crippen LogP contribution in [0.15, 0.2) is 10.6 Å². The maximum Gasteiger partial charge on any atom is 0.410 e. The fourth-order valence-electron chi connectivity index (χ4n) is 2.56. The molecule has 1 aliphatic rings. The minimum atomic E-state index is -0.461. The SMILES string of the molecule is CC1CN(C(=O)OC(C)(C)C)CCC1c1cc(N)on1. The molecule has 2 N–H and O–H groups in total. The van der Waals surface area contributed by atoms with Gasteiger partial charge in [0, 0.05) is 25.1 Å². The summed E-state index contributed by atoms with van der Waals surface area (Å²) in [6.07, 6.45) is 0.592. The van der Waals surface area contributed by atoms with Crippen LogP contribution in [0.25, 0.3) is 0 Å². The number of hydrogen-bond acceptors (Lipinski definition) is 5. The van der Waals surface area contributed by atoms with Gasteiger partial charge in [-0.2, -0.15) is 0 Å². The Hall–Kier alpha value is -1.72. The third-order valence-electron chi connectivity index (χ3n) is 3.48. The molecule has 2 unspecified atom stereocenters. The predicted octanol–water partition coefficient (Wildman–Crippen LogP) is 2.62. The molecule has 1 aromatic rings. The molecule has 20 heavy (non-hydrogen) atoms. The first kappa shape index (κ1) is 14.7. The van der Waals surface area contributed by atoms with Crippen molar-refractivity contribution >= 4 is 12.0 Å². The lowest BCUT2D eigenvalue weighted by atomic mass is 9.84. The molecular weight excluding hydrogens is 258 g/mol. The van der Waals surface area contributed by atoms with Crippen molar-refractivity contribution in [2.45, 2.75) is 45.6 Å². The smallest absolute Gasteiger partial charge is 0.410 e. The number of piperidine rings is 1. The number of hydrogen-bond donors (Lipinski definition) is 1. The van der Waals surface area contributed by atoms with Gasteiger partial charge in [-0.3, -0.25) is 0 Å². The summed E-state index contributed by atoms with van der Waals surface area (Å²) in [6.45, 7) is 9.05. The molecule has 1 saturated heterocycles. The molecule has 2 heterocycles. The Morgan fingerprint density at radius 3 is 2.75 bits per heavy atom. The number of nitrogens with two attached hydrogens (primary N) is 1. The molecule has 0 aliphatic carbocycles. The summed E-state index contributed by atoms with van der Waals surface area (Å²) in [5.41, 5.74) is 5.98. The van der Waals surface area contributed by atoms with Crippen molar-refractivity contribution in [1.29, 1.82) is 0 Å². The number of ether oxygens (including phenoxy) is 1. The van der Waals surface area contributed by atoms with E-state index in [2.05, 4.69) is 12.1 Å². The number of likely N-dealkylation sites (tertiary alicyclic amines) is 1. The Bertz CT molecular complexity index is 478. The molecule has 6 nitrogen and oxygen atoms in total. The highest BCUT2D eigenvalue weighted by Gasteiger charge is 2.33. The quantitative estimate of drug-likeness (QED) is 0.855. The first-order chi connectivity index (χ1) is 9.26. The number of rotatable bonds is 1. The van der Waals surface area contributed by atoms with Gasteiger partial charge < -0.3 is 19.9 Å². The van der Waals surface area contributed by atoms with Gasteiger partial charge in [-0.25, -0.2) is 4.79 Å². The summed E-state index contributed by atoms with van der Waals surface area (Å²) in [7, 11) is 0. The Labute approximate surface area is 119 Å². The van der Waals surface area contributed by atoms with Crippen molar-refractivity contribution in [1.82, 2.24) is 10.1 Å². The monoisotopic (exact) mass is 281 g/mol. The fraction of sp³-hybridized carbons (Fsp3) is 0.714. The van der Waals surface area contributed by atoms with Gasteiger partial charge in [0.15, 0.2) is 0 Å². The molecule has 0 radical (unpaired) electrons. The van der Waals surface area contributed by atoms with E-state index in [9.17, 15) is 4.79 Å². The topological polar surface area (TPSA) is 81.6 Å². The number of carbonyl (C=O) groups excluding carboxylic acids is 1. The van der Waals surface area contributed by atoms with Crippen LogP contribution in [0.1, 0.15) is 45.7 Å². The van der Waals surface area contributed by atoms with Gasteiger partial charge in [0.05, 0.1) is 5.69 Å². The Kier molecular flexibility index (Phi) is 3.92. The van der Waals surface area contributed by atoms with Gasteiger partial charge in [0.2, 0.25) is 5.88 Å². The number of aromatic nitrogens is 1. The van der Waals surface area contributed by atoms with Gasteiger partial charge in [-0.1, -0.05) is 12.1 Å². The van der Waals surface area contributed by atoms with Crippen molar-refractivity contribution in [3.05, 3.63) is 11.8 Å². The Morgan fingerprint density at radius 1 is 1.55 bits per heavy atom. The number of carbonyl (C=O) groups is 1. The molecule has 1 aromatic heterocycles. The highest BCUT2D eigenvalue weighted by molar-refractivity contribution is 5.68. The maximum atomic E-state index is 12.1. The average molecular weight is 281 g/mol. The van der Waals surface area contributed by atoms with Crippen molar-refractivity contribution in [3.8, 4) is 0 Å². The van der Waals surface area contributed by atoms with Gasteiger partial charge in [-0.15, -0.1) is 0 Å². The van der Waals surface area contributed by atoms with Crippen molar-refractivity contribution in [2.75, 3.05) is 18.8 Å². The zero-order chi connectivity index (χ0) is 14.9. The van der Waals surface area contributed by atoms with Crippen LogP contribution in [0.5, 0.6) is 0 Å². The minimum Gasteiger partial charge on any atom is -0.444 e. The van der Waals surface area contributed by atoms with E-state index in [1.54, 1.807) is 11.0 Å². The molecule has 112 valence electrons. The second-order valence-corrected chi connectivity index (χ2v) is 6.45. The summed E-state index contributed by atoms with van der Waals surface area (Å²) in [4.78, 5) is 13.8. The highest BCUT2D eigenvalue weighted by Crippen LogP contribution is 2.33. The standard InChI is InChI=1S/C14H23N3O3/c1-9-8-17(13(18)19-14(2,3)4)6-5-10(9)11-7-12(15)20-16-11/h7,9-10H,5-6,8,15H2,1-4H3. The van der Waals surface area contributed by atoms with Crippen LogP contribution in [0, 0.1) is 5.92 Å². The Morgan fingerprint density at radius 2 is 2.25 bits per heavy atom. The third kappa shape index (κ3) is 3.43. The van der Waals surface area contributed by atoms with Gasteiger partial charge in [0.25, 0.3) is 0 Å². The summed E-state index contributed by atoms with van der Waals surface area (Å²) in [5.74, 6) is 0.900. The van der Waals surface area contributed by atoms with Crippen LogP contribution in [-0.2, 0) is 4.74 Å². The van der Waals surface area contributed by atoms with Crippen molar-refractivity contribution in [3.63, 3.8) is 0 Å². The number of anilines is 1. The van der Waals surface area contributed by atoms with Gasteiger partial charge >= 0.3 is 6.09 Å². The summed E-state index contributed by atoms with van der Waals surface area (Å²) in [6, 6.07) is 1.77. The van der Waals surface area contributed by atoms with Gasteiger partial charge in [-0.05, 0) is 33.1 Å². The first-order valence-electron chi connectivity index (χ1n) is 6.96. The van der Waals surface area contributed by atoms with Crippen molar-refractivity contribution < 1.29 is 14.1 Å². The normalized spacial score (nSPS) is 23.7. The Balaban J connectivity index is 1.97. The lowest BCUT2D eigenvalue weighted by Gasteiger charge is -2.36. The molecular formula is C14H23N3O3. The van der Waals surface area contributed by atoms with E-state index in [1.807, 2.05) is 20.8 Å². The lowest BCUT2D eigenvalue weighted by Crippen LogP contribution is -2.44. The molecule has 6 heteroatoms. The van der Waals surface area contributed by atoms with Crippen LogP contribution >= 0.6 is 0 Å². The van der Waals surface area contributed by atoms with E-state index in [0.29, 0.717) is 24.9 Å². The van der Waals surface area contributed by atoms with Gasteiger partial charge in [0.1, 0.15) is 5.60 Å². The minimum absolute atomic E-state index is 0.248. The van der Waals surface area contributed by atoms with E-state index >= 15 is 0 Å². The number of nitrogens with zero attached hydrogens (tertiary/aromatic N) is 2. The second-order valence-electron chi connectivity index (χ2n) is 6.45. The maximum absolute atomic E-state index is 12.1. The summed E-state index contributed by atoms with van der Waals surface area (Å²) in [5, 5.41) is 3.98. The third-order valence-corrected chi connectivity index (χ3v) is 3.48. The van der Waals surface area contributed by atoms with E-state index < -0.39 is 5.60 Å². The summed E-state index contributed by atoms with van der Waals surface area (Å²) >= 11 is 0. The summed E-state index contributed by atoms with van der Waals surface area (Å²) < 4.78 is 10.3. The van der Waals surface area contributed by atoms with Crippen LogP contribution < -0.4 is 5.73 Å². The number of nitrogen functional groups attached to an aromatic ring is 1. The van der Waals surface area contributed by atoms with Crippen LogP contribution in [0.4, 0.5) is 10.7 Å². The second kappa shape index (κ2) is 5.34. The molecule has 2 rings (SSSR count). The first-order valence-corrected chi connectivity index (χ1v) is 6.96. The van der Waals surface area contributed by atoms with E-state index in [-0.39, 0.29) is 12.0 Å². The zero-order valence-electron chi connectivity index (χ0n) is 12.5. The molecule has 1 fully saturated rings. The molecule has 0 spiro atoms. The van der Waals surface area contributed by atoms with Crippen molar-refractivity contribution in [2.24, 2.45) is 5.92 Å². The highest BCUT2D eigenvalue weighted by atomic mass is 16.6. The molecule has 2 atom stereocenters. The average Bonchev–Trinajstić information content (AvgIpc) is 2.73. The molecule has 1 aliphatic heterocycles. The molecule has 0 aromatic carbocycles. The van der Waals surface area contributed by atoms with Crippen LogP contribution in [-0.4, -0.2) is 34.8 Å². The molecule has 1 amide bonds. The fourth-order valence-corrected chi connectivity index (χ4v) is 2.56. The predicted molar refractivity (Wildman–Crippen MR) is 75.2 cm³/mol.